The van der Waals surface area contributed by atoms with Crippen LogP contribution in [0.3, 0.4) is 0 Å². The molecule has 27 heavy (non-hydrogen) atoms. The van der Waals surface area contributed by atoms with Gasteiger partial charge in [-0.15, -0.1) is 0 Å². The molecule has 5 N–H and O–H groups in total. The summed E-state index contributed by atoms with van der Waals surface area (Å²) in [5.41, 5.74) is 6.04. The van der Waals surface area contributed by atoms with Gasteiger partial charge < -0.3 is 26.2 Å². The van der Waals surface area contributed by atoms with Gasteiger partial charge in [0, 0.05) is 13.0 Å². The number of nitriles is 1. The van der Waals surface area contributed by atoms with Gasteiger partial charge in [0.05, 0.1) is 18.6 Å². The minimum absolute atomic E-state index is 0.0469. The predicted octanol–water partition coefficient (Wildman–Crippen LogP) is 0.184. The van der Waals surface area contributed by atoms with Crippen LogP contribution in [0.4, 0.5) is 4.79 Å². The summed E-state index contributed by atoms with van der Waals surface area (Å²) in [5.74, 6) is -1.83. The molecule has 0 spiro atoms. The van der Waals surface area contributed by atoms with Gasteiger partial charge in [-0.25, -0.2) is 4.79 Å². The monoisotopic (exact) mass is 376 g/mol. The molecule has 0 saturated carbocycles. The van der Waals surface area contributed by atoms with Crippen LogP contribution in [0.15, 0.2) is 30.3 Å². The van der Waals surface area contributed by atoms with Crippen LogP contribution in [0.25, 0.3) is 0 Å². The minimum Gasteiger partial charge on any atom is -0.445 e. The van der Waals surface area contributed by atoms with Gasteiger partial charge in [0.15, 0.2) is 0 Å². The fourth-order valence-corrected chi connectivity index (χ4v) is 2.25. The van der Waals surface area contributed by atoms with Gasteiger partial charge >= 0.3 is 6.09 Å². The average molecular weight is 376 g/mol. The topological polar surface area (TPSA) is 155 Å². The molecule has 1 rings (SSSR count). The third-order valence-corrected chi connectivity index (χ3v) is 3.72. The lowest BCUT2D eigenvalue weighted by atomic mass is 9.98. The molecule has 146 valence electrons. The van der Waals surface area contributed by atoms with Crippen molar-refractivity contribution < 1.29 is 24.2 Å². The first-order valence-electron chi connectivity index (χ1n) is 8.41. The number of nitrogens with one attached hydrogen (secondary N) is 2. The molecule has 0 bridgehead atoms. The van der Waals surface area contributed by atoms with Crippen LogP contribution in [0, 0.1) is 17.2 Å². The van der Waals surface area contributed by atoms with E-state index < -0.39 is 36.0 Å². The number of aliphatic hydroxyl groups excluding tert-OH is 1. The molecule has 0 aliphatic heterocycles. The second-order valence-electron chi connectivity index (χ2n) is 6.09. The van der Waals surface area contributed by atoms with Crippen LogP contribution < -0.4 is 16.4 Å². The molecular formula is C18H24N4O5. The third kappa shape index (κ3) is 8.69. The van der Waals surface area contributed by atoms with E-state index in [2.05, 4.69) is 10.6 Å². The molecule has 3 atom stereocenters. The van der Waals surface area contributed by atoms with Crippen LogP contribution in [-0.2, 0) is 20.9 Å². The normalized spacial score (nSPS) is 13.5. The highest BCUT2D eigenvalue weighted by atomic mass is 16.5. The zero-order chi connectivity index (χ0) is 20.2. The first kappa shape index (κ1) is 21.9. The number of rotatable bonds is 10. The van der Waals surface area contributed by atoms with Crippen molar-refractivity contribution in [2.75, 3.05) is 6.54 Å². The smallest absolute Gasteiger partial charge is 0.407 e. The Morgan fingerprint density at radius 3 is 2.56 bits per heavy atom. The first-order valence-corrected chi connectivity index (χ1v) is 8.41. The van der Waals surface area contributed by atoms with Crippen LogP contribution in [-0.4, -0.2) is 41.7 Å². The van der Waals surface area contributed by atoms with Gasteiger partial charge in [0.1, 0.15) is 12.6 Å². The molecule has 0 radical (unpaired) electrons. The number of alkyl carbamates (subject to hydrolysis) is 1. The number of carbonyl (C=O) groups excluding carboxylic acids is 3. The van der Waals surface area contributed by atoms with Gasteiger partial charge in [-0.05, 0) is 11.5 Å². The van der Waals surface area contributed by atoms with Gasteiger partial charge in [-0.3, -0.25) is 9.59 Å². The lowest BCUT2D eigenvalue weighted by Gasteiger charge is -2.21. The number of benzene rings is 1. The van der Waals surface area contributed by atoms with Crippen molar-refractivity contribution in [2.45, 2.75) is 38.5 Å². The number of amides is 3. The predicted molar refractivity (Wildman–Crippen MR) is 95.8 cm³/mol. The number of carbonyl (C=O) groups is 3. The van der Waals surface area contributed by atoms with E-state index in [1.165, 1.54) is 0 Å². The molecule has 0 heterocycles. The fourth-order valence-electron chi connectivity index (χ4n) is 2.25. The quantitative estimate of drug-likeness (QED) is 0.457. The van der Waals surface area contributed by atoms with E-state index in [0.717, 1.165) is 5.56 Å². The second-order valence-corrected chi connectivity index (χ2v) is 6.09. The highest BCUT2D eigenvalue weighted by Crippen LogP contribution is 2.08. The van der Waals surface area contributed by atoms with E-state index in [1.54, 1.807) is 19.1 Å². The third-order valence-electron chi connectivity index (χ3n) is 3.72. The molecule has 0 aliphatic rings. The maximum atomic E-state index is 11.9. The van der Waals surface area contributed by atoms with Gasteiger partial charge in [-0.1, -0.05) is 37.3 Å². The maximum absolute atomic E-state index is 11.9. The fraction of sp³-hybridized carbons (Fsp3) is 0.444. The molecule has 0 saturated heterocycles. The van der Waals surface area contributed by atoms with E-state index in [-0.39, 0.29) is 26.0 Å². The largest absolute Gasteiger partial charge is 0.445 e. The Morgan fingerprint density at radius 1 is 1.30 bits per heavy atom. The summed E-state index contributed by atoms with van der Waals surface area (Å²) in [6, 6.07) is 9.97. The standard InChI is InChI=1S/C18H24N4O5/c1-12(7-8-19)16(17(20)25)22-15(24)9-14(23)10-21-18(26)27-11-13-5-3-2-4-6-13/h2-6,12,14,16,23H,7,9-11H2,1H3,(H2,20,25)(H,21,26)(H,22,24)/t12-,14+,16+/m1/s1. The van der Waals surface area contributed by atoms with E-state index in [1.807, 2.05) is 24.3 Å². The Kier molecular flexibility index (Phi) is 9.33. The number of ether oxygens (including phenoxy) is 1. The molecule has 1 aromatic carbocycles. The zero-order valence-electron chi connectivity index (χ0n) is 15.1. The Balaban J connectivity index is 2.34. The molecule has 0 fully saturated rings. The number of hydrogen-bond donors (Lipinski definition) is 4. The Hall–Kier alpha value is -3.12. The summed E-state index contributed by atoms with van der Waals surface area (Å²) < 4.78 is 4.98. The van der Waals surface area contributed by atoms with Crippen molar-refractivity contribution in [1.82, 2.24) is 10.6 Å². The maximum Gasteiger partial charge on any atom is 0.407 e. The van der Waals surface area contributed by atoms with Crippen molar-refractivity contribution in [3.05, 3.63) is 35.9 Å². The summed E-state index contributed by atoms with van der Waals surface area (Å²) >= 11 is 0. The molecule has 9 heteroatoms. The summed E-state index contributed by atoms with van der Waals surface area (Å²) in [6.07, 6.45) is -2.20. The molecule has 0 unspecified atom stereocenters. The first-order chi connectivity index (χ1) is 12.8. The summed E-state index contributed by atoms with van der Waals surface area (Å²) in [6.45, 7) is 1.50. The molecular weight excluding hydrogens is 352 g/mol. The van der Waals surface area contributed by atoms with Crippen LogP contribution >= 0.6 is 0 Å². The summed E-state index contributed by atoms with van der Waals surface area (Å²) in [7, 11) is 0. The zero-order valence-corrected chi connectivity index (χ0v) is 15.1. The molecule has 9 nitrogen and oxygen atoms in total. The van der Waals surface area contributed by atoms with Gasteiger partial charge in [-0.2, -0.15) is 5.26 Å². The number of primary amides is 1. The van der Waals surface area contributed by atoms with Crippen molar-refractivity contribution in [3.8, 4) is 6.07 Å². The van der Waals surface area contributed by atoms with Crippen molar-refractivity contribution in [2.24, 2.45) is 11.7 Å². The van der Waals surface area contributed by atoms with E-state index in [4.69, 9.17) is 15.7 Å². The molecule has 0 aromatic heterocycles. The summed E-state index contributed by atoms with van der Waals surface area (Å²) in [5, 5.41) is 23.3. The lowest BCUT2D eigenvalue weighted by Crippen LogP contribution is -2.49. The minimum atomic E-state index is -1.17. The number of nitrogens with zero attached hydrogens (tertiary/aromatic N) is 1. The second kappa shape index (κ2) is 11.5. The van der Waals surface area contributed by atoms with Gasteiger partial charge in [0.2, 0.25) is 11.8 Å². The Labute approximate surface area is 157 Å². The molecule has 0 aliphatic carbocycles. The molecule has 1 aromatic rings. The van der Waals surface area contributed by atoms with Gasteiger partial charge in [0.25, 0.3) is 0 Å². The van der Waals surface area contributed by atoms with E-state index in [0.29, 0.717) is 0 Å². The SMILES string of the molecule is C[C@H](CC#N)[C@H](NC(=O)C[C@H](O)CNC(=O)OCc1ccccc1)C(N)=O. The van der Waals surface area contributed by atoms with Crippen molar-refractivity contribution in [3.63, 3.8) is 0 Å². The van der Waals surface area contributed by atoms with Crippen LogP contribution in [0.2, 0.25) is 0 Å². The highest BCUT2D eigenvalue weighted by Gasteiger charge is 2.25. The Morgan fingerprint density at radius 2 is 1.96 bits per heavy atom. The van der Waals surface area contributed by atoms with E-state index >= 15 is 0 Å². The lowest BCUT2D eigenvalue weighted by molar-refractivity contribution is -0.129. The van der Waals surface area contributed by atoms with Crippen LogP contribution in [0.1, 0.15) is 25.3 Å². The average Bonchev–Trinajstić information content (AvgIpc) is 2.63. The van der Waals surface area contributed by atoms with Crippen molar-refractivity contribution >= 4 is 17.9 Å². The molecule has 3 amide bonds. The number of hydrogen-bond acceptors (Lipinski definition) is 6. The number of nitrogens with two attached hydrogens (primary N) is 1. The van der Waals surface area contributed by atoms with E-state index in [9.17, 15) is 19.5 Å². The Bertz CT molecular complexity index is 674. The van der Waals surface area contributed by atoms with Crippen molar-refractivity contribution in [1.29, 1.82) is 5.26 Å². The number of aliphatic hydroxyl groups is 1. The summed E-state index contributed by atoms with van der Waals surface area (Å²) in [4.78, 5) is 34.9. The van der Waals surface area contributed by atoms with Crippen LogP contribution in [0.5, 0.6) is 0 Å². The highest BCUT2D eigenvalue weighted by molar-refractivity contribution is 5.87.